The van der Waals surface area contributed by atoms with Crippen LogP contribution in [0.4, 0.5) is 4.39 Å². The number of halogens is 1. The lowest BCUT2D eigenvalue weighted by Gasteiger charge is -2.27. The minimum atomic E-state index is -5.78. The summed E-state index contributed by atoms with van der Waals surface area (Å²) in [5.41, 5.74) is -1.89. The number of aliphatic hydroxyl groups is 1. The molecule has 0 amide bonds. The van der Waals surface area contributed by atoms with E-state index < -0.39 is 54.2 Å². The third kappa shape index (κ3) is 6.56. The molecular weight excluding hydrogens is 508 g/mol. The Kier molecular flexibility index (Phi) is 7.80. The summed E-state index contributed by atoms with van der Waals surface area (Å²) in [6.07, 6.45) is 0.643. The van der Waals surface area contributed by atoms with Gasteiger partial charge in [-0.2, -0.15) is 8.62 Å². The Morgan fingerprint density at radius 2 is 1.94 bits per heavy atom. The molecule has 6 unspecified atom stereocenters. The fraction of sp³-hybridized carbons (Fsp3) is 0.500. The molecule has 19 heteroatoms. The van der Waals surface area contributed by atoms with Crippen LogP contribution >= 0.6 is 35.7 Å². The standard InChI is InChI=1S/C12H16FN2O12P3S/c1-3-12(6-24-29(20,21)27-30(22,23)26-28(17,18)19)9(16)8(13)10(25-12)15-5-4-7(2)14-11(15)31/h1,4-5,8-10,16H,6H2,2H3,(H,20,21)(H,22,23)(H2,17,18,19). The predicted molar refractivity (Wildman–Crippen MR) is 100 cm³/mol. The van der Waals surface area contributed by atoms with Crippen LogP contribution in [0.5, 0.6) is 0 Å². The van der Waals surface area contributed by atoms with Gasteiger partial charge in [0.25, 0.3) is 0 Å². The van der Waals surface area contributed by atoms with Gasteiger partial charge in [0.15, 0.2) is 18.0 Å². The number of hydrogen-bond acceptors (Lipinski definition) is 10. The average Bonchev–Trinajstić information content (AvgIpc) is 2.82. The lowest BCUT2D eigenvalue weighted by molar-refractivity contribution is -0.0901. The quantitative estimate of drug-likeness (QED) is 0.182. The summed E-state index contributed by atoms with van der Waals surface area (Å²) in [5, 5.41) is 10.2. The van der Waals surface area contributed by atoms with Crippen LogP contribution in [0.1, 0.15) is 11.9 Å². The molecule has 1 aromatic rings. The number of phosphoric acid groups is 3. The van der Waals surface area contributed by atoms with Crippen molar-refractivity contribution >= 4 is 35.7 Å². The van der Waals surface area contributed by atoms with Crippen molar-refractivity contribution < 1.29 is 60.6 Å². The predicted octanol–water partition coefficient (Wildman–Crippen LogP) is 0.864. The summed E-state index contributed by atoms with van der Waals surface area (Å²) < 4.78 is 66.3. The Labute approximate surface area is 179 Å². The third-order valence-electron chi connectivity index (χ3n) is 3.73. The van der Waals surface area contributed by atoms with E-state index in [1.54, 1.807) is 6.92 Å². The molecule has 31 heavy (non-hydrogen) atoms. The number of aromatic nitrogens is 2. The van der Waals surface area contributed by atoms with Gasteiger partial charge in [-0.3, -0.25) is 9.09 Å². The second-order valence-electron chi connectivity index (χ2n) is 6.05. The molecule has 2 rings (SSSR count). The molecule has 0 saturated carbocycles. The van der Waals surface area contributed by atoms with E-state index in [1.807, 2.05) is 5.92 Å². The van der Waals surface area contributed by atoms with Crippen LogP contribution in [0.25, 0.3) is 0 Å². The highest BCUT2D eigenvalue weighted by molar-refractivity contribution is 7.71. The zero-order valence-corrected chi connectivity index (χ0v) is 18.8. The molecule has 14 nitrogen and oxygen atoms in total. The first kappa shape index (κ1) is 26.4. The zero-order chi connectivity index (χ0) is 23.8. The maximum atomic E-state index is 14.7. The molecule has 174 valence electrons. The van der Waals surface area contributed by atoms with Crippen LogP contribution in [0, 0.1) is 24.0 Å². The van der Waals surface area contributed by atoms with Crippen molar-refractivity contribution in [2.45, 2.75) is 31.0 Å². The van der Waals surface area contributed by atoms with Gasteiger partial charge in [-0.1, -0.05) is 5.92 Å². The summed E-state index contributed by atoms with van der Waals surface area (Å²) in [5.74, 6) is 1.88. The maximum absolute atomic E-state index is 14.7. The molecule has 1 saturated heterocycles. The molecule has 0 spiro atoms. The Balaban J connectivity index is 2.21. The van der Waals surface area contributed by atoms with Gasteiger partial charge in [0.1, 0.15) is 12.7 Å². The van der Waals surface area contributed by atoms with Crippen LogP contribution in [-0.4, -0.2) is 58.7 Å². The highest BCUT2D eigenvalue weighted by atomic mass is 32.1. The number of aliphatic hydroxyl groups excluding tert-OH is 1. The summed E-state index contributed by atoms with van der Waals surface area (Å²) in [6, 6.07) is 1.46. The number of terminal acetylenes is 1. The number of hydrogen-bond donors (Lipinski definition) is 5. The van der Waals surface area contributed by atoms with Crippen molar-refractivity contribution in [2.75, 3.05) is 6.61 Å². The van der Waals surface area contributed by atoms with Gasteiger partial charge in [0.2, 0.25) is 4.77 Å². The van der Waals surface area contributed by atoms with Crippen LogP contribution in [0.2, 0.25) is 0 Å². The summed E-state index contributed by atoms with van der Waals surface area (Å²) in [7, 11) is -17.0. The Morgan fingerprint density at radius 1 is 1.32 bits per heavy atom. The van der Waals surface area contributed by atoms with E-state index in [0.717, 1.165) is 4.57 Å². The number of rotatable bonds is 8. The van der Waals surface area contributed by atoms with Gasteiger partial charge in [-0.15, -0.1) is 6.42 Å². The van der Waals surface area contributed by atoms with Gasteiger partial charge < -0.3 is 29.4 Å². The second kappa shape index (κ2) is 9.17. The lowest BCUT2D eigenvalue weighted by Crippen LogP contribution is -2.44. The van der Waals surface area contributed by atoms with E-state index in [4.69, 9.17) is 38.1 Å². The van der Waals surface area contributed by atoms with Crippen molar-refractivity contribution in [3.05, 3.63) is 22.7 Å². The van der Waals surface area contributed by atoms with E-state index in [9.17, 15) is 28.1 Å². The summed E-state index contributed by atoms with van der Waals surface area (Å²) in [4.78, 5) is 39.6. The van der Waals surface area contributed by atoms with E-state index in [0.29, 0.717) is 5.69 Å². The highest BCUT2D eigenvalue weighted by Crippen LogP contribution is 2.66. The van der Waals surface area contributed by atoms with Crippen molar-refractivity contribution in [1.29, 1.82) is 0 Å². The van der Waals surface area contributed by atoms with Gasteiger partial charge in [0.05, 0.1) is 0 Å². The van der Waals surface area contributed by atoms with Gasteiger partial charge in [-0.05, 0) is 25.2 Å². The first-order chi connectivity index (χ1) is 14.0. The molecule has 5 N–H and O–H groups in total. The van der Waals surface area contributed by atoms with Gasteiger partial charge in [0, 0.05) is 11.9 Å². The molecule has 0 radical (unpaired) electrons. The first-order valence-electron chi connectivity index (χ1n) is 7.83. The minimum Gasteiger partial charge on any atom is -0.386 e. The van der Waals surface area contributed by atoms with Gasteiger partial charge in [-0.25, -0.2) is 23.1 Å². The SMILES string of the molecule is C#CC1(COP(=O)(O)OP(=O)(O)OP(=O)(O)O)OC(n2ccc(C)nc2=S)C(F)C1O. The Morgan fingerprint density at radius 3 is 2.45 bits per heavy atom. The van der Waals surface area contributed by atoms with Crippen molar-refractivity contribution in [3.63, 3.8) is 0 Å². The Bertz CT molecular complexity index is 1090. The first-order valence-corrected chi connectivity index (χ1v) is 12.8. The van der Waals surface area contributed by atoms with Crippen molar-refractivity contribution in [1.82, 2.24) is 9.55 Å². The van der Waals surface area contributed by atoms with E-state index in [1.165, 1.54) is 12.3 Å². The molecule has 2 heterocycles. The topological polar surface area (TPSA) is 207 Å². The van der Waals surface area contributed by atoms with Crippen molar-refractivity contribution in [3.8, 4) is 12.3 Å². The van der Waals surface area contributed by atoms with E-state index in [2.05, 4.69) is 18.1 Å². The fourth-order valence-corrected chi connectivity index (χ4v) is 5.78. The molecule has 1 fully saturated rings. The molecule has 1 aliphatic heterocycles. The maximum Gasteiger partial charge on any atom is 0.490 e. The molecule has 1 aliphatic rings. The minimum absolute atomic E-state index is 0.124. The van der Waals surface area contributed by atoms with Crippen LogP contribution < -0.4 is 0 Å². The number of phosphoric ester groups is 1. The van der Waals surface area contributed by atoms with Gasteiger partial charge >= 0.3 is 23.5 Å². The molecule has 6 atom stereocenters. The molecule has 0 aliphatic carbocycles. The largest absolute Gasteiger partial charge is 0.490 e. The zero-order valence-electron chi connectivity index (χ0n) is 15.3. The number of ether oxygens (including phenoxy) is 1. The van der Waals surface area contributed by atoms with Crippen LogP contribution in [0.3, 0.4) is 0 Å². The average molecular weight is 524 g/mol. The fourth-order valence-electron chi connectivity index (χ4n) is 2.43. The number of nitrogens with zero attached hydrogens (tertiary/aromatic N) is 2. The smallest absolute Gasteiger partial charge is 0.386 e. The molecule has 0 bridgehead atoms. The van der Waals surface area contributed by atoms with Crippen molar-refractivity contribution in [2.24, 2.45) is 0 Å². The van der Waals surface area contributed by atoms with E-state index >= 15 is 0 Å². The molecular formula is C12H16FN2O12P3S. The second-order valence-corrected chi connectivity index (χ2v) is 10.8. The Hall–Kier alpha value is -0.880. The van der Waals surface area contributed by atoms with Crippen LogP contribution in [0.15, 0.2) is 12.3 Å². The summed E-state index contributed by atoms with van der Waals surface area (Å²) >= 11 is 5.01. The molecule has 0 aromatic carbocycles. The number of aryl methyl sites for hydroxylation is 1. The summed E-state index contributed by atoms with van der Waals surface area (Å²) in [6.45, 7) is 0.365. The third-order valence-corrected chi connectivity index (χ3v) is 7.81. The van der Waals surface area contributed by atoms with E-state index in [-0.39, 0.29) is 4.77 Å². The number of alkyl halides is 1. The highest BCUT2D eigenvalue weighted by Gasteiger charge is 2.57. The monoisotopic (exact) mass is 524 g/mol. The molecule has 1 aromatic heterocycles. The normalized spacial score (nSPS) is 30.3. The van der Waals surface area contributed by atoms with Crippen LogP contribution in [-0.2, 0) is 31.6 Å². The lowest BCUT2D eigenvalue weighted by atomic mass is 9.98.